The summed E-state index contributed by atoms with van der Waals surface area (Å²) in [5, 5.41) is 2.95. The van der Waals surface area contributed by atoms with Gasteiger partial charge >= 0.3 is 0 Å². The first-order valence-electron chi connectivity index (χ1n) is 7.65. The maximum Gasteiger partial charge on any atom is 0.220 e. The Morgan fingerprint density at radius 1 is 1.00 bits per heavy atom. The lowest BCUT2D eigenvalue weighted by atomic mass is 10.1. The maximum absolute atomic E-state index is 12.0. The summed E-state index contributed by atoms with van der Waals surface area (Å²) in [6.45, 7) is 2.60. The normalized spacial score (nSPS) is 10.2. The molecule has 0 aliphatic heterocycles. The van der Waals surface area contributed by atoms with Crippen molar-refractivity contribution in [3.8, 4) is 11.5 Å². The molecule has 2 aromatic rings. The van der Waals surface area contributed by atoms with E-state index in [-0.39, 0.29) is 5.91 Å². The Balaban J connectivity index is 1.86. The van der Waals surface area contributed by atoms with Crippen LogP contribution in [-0.4, -0.2) is 20.1 Å². The van der Waals surface area contributed by atoms with E-state index < -0.39 is 0 Å². The zero-order valence-corrected chi connectivity index (χ0v) is 13.9. The van der Waals surface area contributed by atoms with E-state index in [9.17, 15) is 4.79 Å². The summed E-state index contributed by atoms with van der Waals surface area (Å²) in [6.07, 6.45) is 1.08. The quantitative estimate of drug-likeness (QED) is 0.853. The smallest absolute Gasteiger partial charge is 0.220 e. The number of carbonyl (C=O) groups is 1. The molecule has 0 saturated heterocycles. The van der Waals surface area contributed by atoms with Crippen molar-refractivity contribution >= 4 is 5.91 Å². The lowest BCUT2D eigenvalue weighted by molar-refractivity contribution is -0.121. The lowest BCUT2D eigenvalue weighted by Crippen LogP contribution is -2.23. The van der Waals surface area contributed by atoms with Crippen molar-refractivity contribution in [1.82, 2.24) is 5.32 Å². The molecule has 122 valence electrons. The molecule has 0 spiro atoms. The van der Waals surface area contributed by atoms with Crippen LogP contribution in [0, 0.1) is 6.92 Å². The molecular formula is C19H23NO3. The molecule has 23 heavy (non-hydrogen) atoms. The number of nitrogens with one attached hydrogen (secondary N) is 1. The molecule has 2 aromatic carbocycles. The van der Waals surface area contributed by atoms with Crippen molar-refractivity contribution in [3.63, 3.8) is 0 Å². The number of amides is 1. The van der Waals surface area contributed by atoms with E-state index in [2.05, 4.69) is 11.4 Å². The summed E-state index contributed by atoms with van der Waals surface area (Å²) in [5.41, 5.74) is 3.33. The van der Waals surface area contributed by atoms with Gasteiger partial charge in [-0.1, -0.05) is 29.8 Å². The molecule has 0 heterocycles. The third-order valence-corrected chi connectivity index (χ3v) is 3.62. The SMILES string of the molecule is COc1cc(CCC(=O)NCc2cccc(C)c2)cc(OC)c1. The van der Waals surface area contributed by atoms with Crippen LogP contribution in [0.25, 0.3) is 0 Å². The first-order chi connectivity index (χ1) is 11.1. The van der Waals surface area contributed by atoms with Crippen molar-refractivity contribution in [3.05, 3.63) is 59.2 Å². The molecule has 4 nitrogen and oxygen atoms in total. The number of rotatable bonds is 7. The van der Waals surface area contributed by atoms with Crippen LogP contribution in [0.1, 0.15) is 23.1 Å². The molecule has 0 radical (unpaired) electrons. The van der Waals surface area contributed by atoms with Gasteiger partial charge in [-0.25, -0.2) is 0 Å². The minimum Gasteiger partial charge on any atom is -0.497 e. The number of methoxy groups -OCH3 is 2. The highest BCUT2D eigenvalue weighted by atomic mass is 16.5. The Bertz CT molecular complexity index is 645. The van der Waals surface area contributed by atoms with E-state index in [1.54, 1.807) is 14.2 Å². The summed E-state index contributed by atoms with van der Waals surface area (Å²) in [5.74, 6) is 1.51. The summed E-state index contributed by atoms with van der Waals surface area (Å²) in [4.78, 5) is 12.0. The molecular weight excluding hydrogens is 290 g/mol. The Morgan fingerprint density at radius 3 is 2.30 bits per heavy atom. The van der Waals surface area contributed by atoms with E-state index in [0.29, 0.717) is 19.4 Å². The Hall–Kier alpha value is -2.49. The van der Waals surface area contributed by atoms with E-state index in [0.717, 1.165) is 22.6 Å². The highest BCUT2D eigenvalue weighted by Gasteiger charge is 2.06. The second-order valence-electron chi connectivity index (χ2n) is 5.49. The predicted molar refractivity (Wildman–Crippen MR) is 90.9 cm³/mol. The Labute approximate surface area is 137 Å². The summed E-state index contributed by atoms with van der Waals surface area (Å²) in [7, 11) is 3.24. The van der Waals surface area contributed by atoms with E-state index in [1.165, 1.54) is 5.56 Å². The van der Waals surface area contributed by atoms with E-state index in [1.807, 2.05) is 43.3 Å². The topological polar surface area (TPSA) is 47.6 Å². The third-order valence-electron chi connectivity index (χ3n) is 3.62. The third kappa shape index (κ3) is 5.33. The standard InChI is InChI=1S/C19H23NO3/c1-14-5-4-6-16(9-14)13-20-19(21)8-7-15-10-17(22-2)12-18(11-15)23-3/h4-6,9-12H,7-8,13H2,1-3H3,(H,20,21). The number of ether oxygens (including phenoxy) is 2. The van der Waals surface area contributed by atoms with Crippen molar-refractivity contribution in [2.45, 2.75) is 26.3 Å². The van der Waals surface area contributed by atoms with Crippen LogP contribution in [0.4, 0.5) is 0 Å². The molecule has 1 N–H and O–H groups in total. The number of carbonyl (C=O) groups excluding carboxylic acids is 1. The summed E-state index contributed by atoms with van der Waals surface area (Å²) in [6, 6.07) is 13.8. The molecule has 2 rings (SSSR count). The van der Waals surface area contributed by atoms with Crippen LogP contribution in [0.3, 0.4) is 0 Å². The lowest BCUT2D eigenvalue weighted by Gasteiger charge is -2.09. The number of aryl methyl sites for hydroxylation is 2. The Morgan fingerprint density at radius 2 is 1.70 bits per heavy atom. The molecule has 0 aromatic heterocycles. The number of benzene rings is 2. The van der Waals surface area contributed by atoms with Gasteiger partial charge in [0.1, 0.15) is 11.5 Å². The van der Waals surface area contributed by atoms with Gasteiger partial charge in [-0.2, -0.15) is 0 Å². The van der Waals surface area contributed by atoms with Gasteiger partial charge in [0.15, 0.2) is 0 Å². The van der Waals surface area contributed by atoms with Gasteiger partial charge in [0, 0.05) is 19.0 Å². The molecule has 0 unspecified atom stereocenters. The highest BCUT2D eigenvalue weighted by molar-refractivity contribution is 5.76. The number of hydrogen-bond donors (Lipinski definition) is 1. The molecule has 0 aliphatic carbocycles. The van der Waals surface area contributed by atoms with Crippen LogP contribution >= 0.6 is 0 Å². The van der Waals surface area contributed by atoms with Crippen LogP contribution in [0.5, 0.6) is 11.5 Å². The molecule has 0 atom stereocenters. The van der Waals surface area contributed by atoms with Crippen molar-refractivity contribution < 1.29 is 14.3 Å². The van der Waals surface area contributed by atoms with Crippen molar-refractivity contribution in [2.24, 2.45) is 0 Å². The second kappa shape index (κ2) is 8.22. The van der Waals surface area contributed by atoms with Gasteiger partial charge in [-0.3, -0.25) is 4.79 Å². The Kier molecular flexibility index (Phi) is 6.03. The van der Waals surface area contributed by atoms with Gasteiger partial charge in [0.2, 0.25) is 5.91 Å². The summed E-state index contributed by atoms with van der Waals surface area (Å²) >= 11 is 0. The summed E-state index contributed by atoms with van der Waals surface area (Å²) < 4.78 is 10.5. The molecule has 0 saturated carbocycles. The van der Waals surface area contributed by atoms with Crippen LogP contribution in [0.15, 0.2) is 42.5 Å². The average Bonchev–Trinajstić information content (AvgIpc) is 2.57. The van der Waals surface area contributed by atoms with Gasteiger partial charge in [0.05, 0.1) is 14.2 Å². The van der Waals surface area contributed by atoms with Gasteiger partial charge in [-0.05, 0) is 36.6 Å². The first-order valence-corrected chi connectivity index (χ1v) is 7.65. The second-order valence-corrected chi connectivity index (χ2v) is 5.49. The van der Waals surface area contributed by atoms with E-state index in [4.69, 9.17) is 9.47 Å². The average molecular weight is 313 g/mol. The van der Waals surface area contributed by atoms with E-state index >= 15 is 0 Å². The zero-order valence-electron chi connectivity index (χ0n) is 13.9. The highest BCUT2D eigenvalue weighted by Crippen LogP contribution is 2.23. The maximum atomic E-state index is 12.0. The number of hydrogen-bond acceptors (Lipinski definition) is 3. The molecule has 0 fully saturated rings. The fourth-order valence-electron chi connectivity index (χ4n) is 2.38. The van der Waals surface area contributed by atoms with Gasteiger partial charge in [0.25, 0.3) is 0 Å². The predicted octanol–water partition coefficient (Wildman–Crippen LogP) is 3.26. The fraction of sp³-hybridized carbons (Fsp3) is 0.316. The van der Waals surface area contributed by atoms with Gasteiger partial charge in [-0.15, -0.1) is 0 Å². The van der Waals surface area contributed by atoms with Crippen LogP contribution in [-0.2, 0) is 17.8 Å². The van der Waals surface area contributed by atoms with Crippen molar-refractivity contribution in [1.29, 1.82) is 0 Å². The molecule has 1 amide bonds. The first kappa shape index (κ1) is 16.9. The zero-order chi connectivity index (χ0) is 16.7. The minimum absolute atomic E-state index is 0.0355. The fourth-order valence-corrected chi connectivity index (χ4v) is 2.38. The minimum atomic E-state index is 0.0355. The van der Waals surface area contributed by atoms with Crippen molar-refractivity contribution in [2.75, 3.05) is 14.2 Å². The molecule has 0 bridgehead atoms. The monoisotopic (exact) mass is 313 g/mol. The van der Waals surface area contributed by atoms with Crippen LogP contribution in [0.2, 0.25) is 0 Å². The molecule has 4 heteroatoms. The van der Waals surface area contributed by atoms with Gasteiger partial charge < -0.3 is 14.8 Å². The molecule has 0 aliphatic rings. The van der Waals surface area contributed by atoms with Crippen LogP contribution < -0.4 is 14.8 Å². The largest absolute Gasteiger partial charge is 0.497 e.